The quantitative estimate of drug-likeness (QED) is 0.299. The number of benzene rings is 1. The van der Waals surface area contributed by atoms with Crippen molar-refractivity contribution in [2.45, 2.75) is 51.6 Å². The molecular formula is C18H19F5O4. The summed E-state index contributed by atoms with van der Waals surface area (Å²) in [7, 11) is 0. The number of carbonyl (C=O) groups excluding carboxylic acids is 2. The molecule has 1 aliphatic carbocycles. The van der Waals surface area contributed by atoms with E-state index in [2.05, 4.69) is 4.74 Å². The van der Waals surface area contributed by atoms with Crippen LogP contribution in [-0.4, -0.2) is 18.5 Å². The molecule has 0 N–H and O–H groups in total. The van der Waals surface area contributed by atoms with E-state index in [1.54, 1.807) is 0 Å². The summed E-state index contributed by atoms with van der Waals surface area (Å²) in [6, 6.07) is 0. The third-order valence-corrected chi connectivity index (χ3v) is 4.42. The SMILES string of the molecule is O=C(CCC(=O)OCC1CCCCC1)OCc1c(F)c(F)c(F)c(F)c1F. The van der Waals surface area contributed by atoms with Crippen LogP contribution < -0.4 is 0 Å². The van der Waals surface area contributed by atoms with Gasteiger partial charge in [-0.2, -0.15) is 0 Å². The number of rotatable bonds is 7. The van der Waals surface area contributed by atoms with Crippen LogP contribution in [0.1, 0.15) is 50.5 Å². The molecule has 1 aliphatic rings. The molecule has 9 heteroatoms. The number of hydrogen-bond acceptors (Lipinski definition) is 4. The second-order valence-corrected chi connectivity index (χ2v) is 6.40. The van der Waals surface area contributed by atoms with Gasteiger partial charge in [-0.05, 0) is 18.8 Å². The first kappa shape index (κ1) is 21.1. The molecule has 0 aromatic heterocycles. The molecule has 1 aromatic carbocycles. The van der Waals surface area contributed by atoms with Crippen molar-refractivity contribution < 1.29 is 41.0 Å². The van der Waals surface area contributed by atoms with Crippen LogP contribution in [0.4, 0.5) is 22.0 Å². The van der Waals surface area contributed by atoms with Gasteiger partial charge < -0.3 is 9.47 Å². The molecule has 4 nitrogen and oxygen atoms in total. The van der Waals surface area contributed by atoms with Crippen LogP contribution in [0.3, 0.4) is 0 Å². The second-order valence-electron chi connectivity index (χ2n) is 6.40. The second kappa shape index (κ2) is 9.66. The lowest BCUT2D eigenvalue weighted by atomic mass is 9.90. The minimum Gasteiger partial charge on any atom is -0.465 e. The van der Waals surface area contributed by atoms with Gasteiger partial charge in [-0.3, -0.25) is 9.59 Å². The lowest BCUT2D eigenvalue weighted by Crippen LogP contribution is -2.17. The van der Waals surface area contributed by atoms with Crippen molar-refractivity contribution >= 4 is 11.9 Å². The van der Waals surface area contributed by atoms with Crippen LogP contribution in [-0.2, 0) is 25.7 Å². The molecule has 27 heavy (non-hydrogen) atoms. The van der Waals surface area contributed by atoms with E-state index in [9.17, 15) is 31.5 Å². The molecule has 0 saturated heterocycles. The van der Waals surface area contributed by atoms with Crippen molar-refractivity contribution in [3.63, 3.8) is 0 Å². The zero-order valence-electron chi connectivity index (χ0n) is 14.5. The third-order valence-electron chi connectivity index (χ3n) is 4.42. The highest BCUT2D eigenvalue weighted by Gasteiger charge is 2.26. The Hall–Kier alpha value is -2.19. The normalized spacial score (nSPS) is 14.9. The van der Waals surface area contributed by atoms with E-state index >= 15 is 0 Å². The lowest BCUT2D eigenvalue weighted by Gasteiger charge is -2.20. The Bertz CT molecular complexity index is 672. The first-order valence-electron chi connectivity index (χ1n) is 8.62. The van der Waals surface area contributed by atoms with Crippen LogP contribution in [0.15, 0.2) is 0 Å². The largest absolute Gasteiger partial charge is 0.465 e. The van der Waals surface area contributed by atoms with Crippen molar-refractivity contribution in [2.24, 2.45) is 5.92 Å². The van der Waals surface area contributed by atoms with Crippen molar-refractivity contribution in [1.82, 2.24) is 0 Å². The molecule has 2 rings (SSSR count). The van der Waals surface area contributed by atoms with Crippen molar-refractivity contribution in [2.75, 3.05) is 6.61 Å². The van der Waals surface area contributed by atoms with Gasteiger partial charge in [-0.15, -0.1) is 0 Å². The van der Waals surface area contributed by atoms with E-state index in [1.165, 1.54) is 6.42 Å². The van der Waals surface area contributed by atoms with Gasteiger partial charge in [0.25, 0.3) is 0 Å². The summed E-state index contributed by atoms with van der Waals surface area (Å²) < 4.78 is 75.5. The fourth-order valence-corrected chi connectivity index (χ4v) is 2.84. The van der Waals surface area contributed by atoms with Gasteiger partial charge in [0.2, 0.25) is 5.82 Å². The highest BCUT2D eigenvalue weighted by Crippen LogP contribution is 2.25. The summed E-state index contributed by atoms with van der Waals surface area (Å²) in [6.07, 6.45) is 4.58. The fourth-order valence-electron chi connectivity index (χ4n) is 2.84. The number of esters is 2. The maximum atomic E-state index is 13.5. The Morgan fingerprint density at radius 3 is 1.78 bits per heavy atom. The van der Waals surface area contributed by atoms with Gasteiger partial charge in [0, 0.05) is 0 Å². The van der Waals surface area contributed by atoms with E-state index in [4.69, 9.17) is 4.74 Å². The zero-order valence-corrected chi connectivity index (χ0v) is 14.5. The first-order valence-corrected chi connectivity index (χ1v) is 8.62. The minimum absolute atomic E-state index is 0.276. The average molecular weight is 394 g/mol. The predicted octanol–water partition coefficient (Wildman–Crippen LogP) is 4.33. The summed E-state index contributed by atoms with van der Waals surface area (Å²) in [6.45, 7) is -0.861. The monoisotopic (exact) mass is 394 g/mol. The molecule has 0 radical (unpaired) electrons. The minimum atomic E-state index is -2.29. The Balaban J connectivity index is 1.77. The molecule has 1 fully saturated rings. The summed E-state index contributed by atoms with van der Waals surface area (Å²) in [5.74, 6) is -12.0. The molecule has 0 spiro atoms. The zero-order chi connectivity index (χ0) is 20.0. The van der Waals surface area contributed by atoms with Gasteiger partial charge in [-0.1, -0.05) is 19.3 Å². The van der Waals surface area contributed by atoms with Gasteiger partial charge in [0.05, 0.1) is 25.0 Å². The maximum absolute atomic E-state index is 13.5. The Labute approximate surface area is 152 Å². The van der Waals surface area contributed by atoms with Crippen LogP contribution >= 0.6 is 0 Å². The fraction of sp³-hybridized carbons (Fsp3) is 0.556. The Morgan fingerprint density at radius 2 is 1.22 bits per heavy atom. The number of ether oxygens (including phenoxy) is 2. The number of carbonyl (C=O) groups is 2. The van der Waals surface area contributed by atoms with Crippen LogP contribution in [0.5, 0.6) is 0 Å². The summed E-state index contributed by atoms with van der Waals surface area (Å²) in [5, 5.41) is 0. The van der Waals surface area contributed by atoms with Crippen molar-refractivity contribution in [1.29, 1.82) is 0 Å². The topological polar surface area (TPSA) is 52.6 Å². The van der Waals surface area contributed by atoms with Crippen LogP contribution in [0.2, 0.25) is 0 Å². The van der Waals surface area contributed by atoms with Gasteiger partial charge >= 0.3 is 11.9 Å². The van der Waals surface area contributed by atoms with Gasteiger partial charge in [0.15, 0.2) is 23.3 Å². The number of halogens is 5. The van der Waals surface area contributed by atoms with Crippen molar-refractivity contribution in [3.8, 4) is 0 Å². The summed E-state index contributed by atoms with van der Waals surface area (Å²) >= 11 is 0. The summed E-state index contributed by atoms with van der Waals surface area (Å²) in [5.41, 5.74) is -1.25. The molecule has 0 amide bonds. The van der Waals surface area contributed by atoms with E-state index < -0.39 is 59.6 Å². The number of hydrogen-bond donors (Lipinski definition) is 0. The molecule has 0 atom stereocenters. The lowest BCUT2D eigenvalue weighted by molar-refractivity contribution is -0.152. The first-order chi connectivity index (χ1) is 12.8. The van der Waals surface area contributed by atoms with E-state index in [0.29, 0.717) is 5.92 Å². The Morgan fingerprint density at radius 1 is 0.741 bits per heavy atom. The molecular weight excluding hydrogens is 375 g/mol. The molecule has 0 aliphatic heterocycles. The van der Waals surface area contributed by atoms with Crippen LogP contribution in [0, 0.1) is 35.0 Å². The predicted molar refractivity (Wildman–Crippen MR) is 82.8 cm³/mol. The van der Waals surface area contributed by atoms with E-state index in [-0.39, 0.29) is 13.0 Å². The van der Waals surface area contributed by atoms with Gasteiger partial charge in [0.1, 0.15) is 6.61 Å². The van der Waals surface area contributed by atoms with E-state index in [0.717, 1.165) is 25.7 Å². The molecule has 1 aromatic rings. The standard InChI is InChI=1S/C18H19F5O4/c19-14-11(15(20)17(22)18(23)16(14)21)9-27-13(25)7-6-12(24)26-8-10-4-2-1-3-5-10/h10H,1-9H2. The van der Waals surface area contributed by atoms with Crippen molar-refractivity contribution in [3.05, 3.63) is 34.6 Å². The molecule has 0 bridgehead atoms. The highest BCUT2D eigenvalue weighted by atomic mass is 19.2. The third kappa shape index (κ3) is 5.64. The smallest absolute Gasteiger partial charge is 0.306 e. The molecule has 0 heterocycles. The molecule has 150 valence electrons. The Kier molecular flexibility index (Phi) is 7.55. The average Bonchev–Trinajstić information content (AvgIpc) is 2.68. The summed E-state index contributed by atoms with van der Waals surface area (Å²) in [4.78, 5) is 23.2. The highest BCUT2D eigenvalue weighted by molar-refractivity contribution is 5.77. The molecule has 1 saturated carbocycles. The molecule has 0 unspecified atom stereocenters. The maximum Gasteiger partial charge on any atom is 0.306 e. The van der Waals surface area contributed by atoms with Crippen LogP contribution in [0.25, 0.3) is 0 Å². The van der Waals surface area contributed by atoms with E-state index in [1.807, 2.05) is 0 Å². The van der Waals surface area contributed by atoms with Gasteiger partial charge in [-0.25, -0.2) is 22.0 Å².